The van der Waals surface area contributed by atoms with Crippen LogP contribution in [-0.2, 0) is 23.8 Å². The highest BCUT2D eigenvalue weighted by Crippen LogP contribution is 2.16. The van der Waals surface area contributed by atoms with Crippen LogP contribution in [0.25, 0.3) is 0 Å². The number of rotatable bonds is 3. The molecule has 1 aliphatic heterocycles. The van der Waals surface area contributed by atoms with Crippen molar-refractivity contribution in [2.75, 3.05) is 6.61 Å². The third kappa shape index (κ3) is 4.29. The summed E-state index contributed by atoms with van der Waals surface area (Å²) in [7, 11) is 0. The normalized spacial score (nSPS) is 27.0. The molecule has 0 bridgehead atoms. The van der Waals surface area contributed by atoms with Gasteiger partial charge in [-0.2, -0.15) is 0 Å². The Labute approximate surface area is 99.7 Å². The fourth-order valence-electron chi connectivity index (χ4n) is 1.38. The second-order valence-electron chi connectivity index (χ2n) is 3.52. The van der Waals surface area contributed by atoms with E-state index >= 15 is 0 Å². The summed E-state index contributed by atoms with van der Waals surface area (Å²) in [6, 6.07) is 0. The quantitative estimate of drug-likeness (QED) is 0.405. The van der Waals surface area contributed by atoms with Crippen molar-refractivity contribution in [1.82, 2.24) is 0 Å². The van der Waals surface area contributed by atoms with Gasteiger partial charge in [-0.15, -0.1) is 6.42 Å². The number of ether oxygens (including phenoxy) is 3. The van der Waals surface area contributed by atoms with E-state index in [-0.39, 0.29) is 6.61 Å². The fourth-order valence-corrected chi connectivity index (χ4v) is 1.38. The third-order valence-corrected chi connectivity index (χ3v) is 2.08. The molecule has 0 aromatic rings. The lowest BCUT2D eigenvalue weighted by atomic mass is 10.1. The first-order valence-electron chi connectivity index (χ1n) is 5.13. The number of esters is 2. The van der Waals surface area contributed by atoms with E-state index < -0.39 is 30.3 Å². The van der Waals surface area contributed by atoms with Gasteiger partial charge in [0.25, 0.3) is 0 Å². The van der Waals surface area contributed by atoms with E-state index in [1.54, 1.807) is 12.2 Å². The van der Waals surface area contributed by atoms with Crippen LogP contribution in [0.3, 0.4) is 0 Å². The number of carbonyl (C=O) groups is 2. The Morgan fingerprint density at radius 3 is 2.59 bits per heavy atom. The Bertz CT molecular complexity index is 366. The molecule has 17 heavy (non-hydrogen) atoms. The molecule has 3 atom stereocenters. The smallest absolute Gasteiger partial charge is 0.303 e. The molecule has 5 heteroatoms. The largest absolute Gasteiger partial charge is 0.463 e. The number of hydrogen-bond donors (Lipinski definition) is 0. The molecule has 1 aliphatic rings. The van der Waals surface area contributed by atoms with Crippen LogP contribution >= 0.6 is 0 Å². The zero-order valence-electron chi connectivity index (χ0n) is 9.71. The molecule has 92 valence electrons. The van der Waals surface area contributed by atoms with E-state index in [2.05, 4.69) is 5.92 Å². The van der Waals surface area contributed by atoms with Crippen molar-refractivity contribution >= 4 is 11.9 Å². The minimum atomic E-state index is -0.587. The Morgan fingerprint density at radius 1 is 1.35 bits per heavy atom. The molecule has 1 rings (SSSR count). The minimum Gasteiger partial charge on any atom is -0.463 e. The average molecular weight is 238 g/mol. The standard InChI is InChI=1S/C12H14O5/c1-4-10-5-6-11(16-9(3)14)12(17-10)7-15-8(2)13/h1,5-6,10-12H,7H2,2-3H3/t10-,11+,12-/m1/s1. The Morgan fingerprint density at radius 2 is 2.06 bits per heavy atom. The average Bonchev–Trinajstić information content (AvgIpc) is 2.27. The van der Waals surface area contributed by atoms with Crippen molar-refractivity contribution < 1.29 is 23.8 Å². The zero-order chi connectivity index (χ0) is 12.8. The van der Waals surface area contributed by atoms with Gasteiger partial charge in [-0.1, -0.05) is 5.92 Å². The number of hydrogen-bond acceptors (Lipinski definition) is 5. The van der Waals surface area contributed by atoms with Crippen LogP contribution in [-0.4, -0.2) is 36.9 Å². The lowest BCUT2D eigenvalue weighted by Crippen LogP contribution is -2.41. The predicted molar refractivity (Wildman–Crippen MR) is 58.8 cm³/mol. The van der Waals surface area contributed by atoms with Gasteiger partial charge in [0.2, 0.25) is 0 Å². The molecule has 0 aliphatic carbocycles. The maximum atomic E-state index is 10.9. The highest BCUT2D eigenvalue weighted by molar-refractivity contribution is 5.66. The summed E-state index contributed by atoms with van der Waals surface area (Å²) in [5.41, 5.74) is 0. The first-order valence-corrected chi connectivity index (χ1v) is 5.13. The maximum absolute atomic E-state index is 10.9. The van der Waals surface area contributed by atoms with Crippen molar-refractivity contribution in [3.8, 4) is 12.3 Å². The summed E-state index contributed by atoms with van der Waals surface area (Å²) in [5.74, 6) is 1.54. The predicted octanol–water partition coefficient (Wildman–Crippen LogP) is 0.438. The Kier molecular flexibility index (Phi) is 4.73. The van der Waals surface area contributed by atoms with Crippen LogP contribution in [0.1, 0.15) is 13.8 Å². The van der Waals surface area contributed by atoms with Crippen LogP contribution in [0, 0.1) is 12.3 Å². The molecule has 0 fully saturated rings. The van der Waals surface area contributed by atoms with Crippen LogP contribution in [0.4, 0.5) is 0 Å². The molecule has 0 saturated heterocycles. The second-order valence-corrected chi connectivity index (χ2v) is 3.52. The van der Waals surface area contributed by atoms with Crippen LogP contribution in [0.15, 0.2) is 12.2 Å². The van der Waals surface area contributed by atoms with Crippen LogP contribution < -0.4 is 0 Å². The number of carbonyl (C=O) groups excluding carboxylic acids is 2. The van der Waals surface area contributed by atoms with E-state index in [1.165, 1.54) is 13.8 Å². The third-order valence-electron chi connectivity index (χ3n) is 2.08. The van der Waals surface area contributed by atoms with Gasteiger partial charge >= 0.3 is 11.9 Å². The molecule has 0 spiro atoms. The Balaban J connectivity index is 2.66. The molecule has 0 saturated carbocycles. The SMILES string of the molecule is C#C[C@@H]1C=C[C@H](OC(C)=O)[C@@H](COC(C)=O)O1. The van der Waals surface area contributed by atoms with Gasteiger partial charge in [0, 0.05) is 13.8 Å². The molecule has 0 radical (unpaired) electrons. The van der Waals surface area contributed by atoms with E-state index in [1.807, 2.05) is 0 Å². The van der Waals surface area contributed by atoms with Gasteiger partial charge in [0.15, 0.2) is 0 Å². The van der Waals surface area contributed by atoms with Crippen molar-refractivity contribution in [2.45, 2.75) is 32.2 Å². The van der Waals surface area contributed by atoms with Gasteiger partial charge in [-0.3, -0.25) is 9.59 Å². The maximum Gasteiger partial charge on any atom is 0.303 e. The van der Waals surface area contributed by atoms with Gasteiger partial charge in [-0.25, -0.2) is 0 Å². The monoisotopic (exact) mass is 238 g/mol. The van der Waals surface area contributed by atoms with Crippen molar-refractivity contribution in [3.05, 3.63) is 12.2 Å². The van der Waals surface area contributed by atoms with Gasteiger partial charge in [-0.05, 0) is 12.2 Å². The van der Waals surface area contributed by atoms with Gasteiger partial charge in [0.05, 0.1) is 0 Å². The molecule has 0 amide bonds. The summed E-state index contributed by atoms with van der Waals surface area (Å²) in [6.45, 7) is 2.58. The number of terminal acetylenes is 1. The lowest BCUT2D eigenvalue weighted by Gasteiger charge is -2.29. The van der Waals surface area contributed by atoms with Crippen molar-refractivity contribution in [2.24, 2.45) is 0 Å². The first-order chi connectivity index (χ1) is 8.02. The van der Waals surface area contributed by atoms with Crippen LogP contribution in [0.5, 0.6) is 0 Å². The molecular formula is C12H14O5. The van der Waals surface area contributed by atoms with E-state index in [9.17, 15) is 9.59 Å². The van der Waals surface area contributed by atoms with E-state index in [0.717, 1.165) is 0 Å². The Hall–Kier alpha value is -1.80. The molecule has 0 N–H and O–H groups in total. The first kappa shape index (κ1) is 13.3. The molecule has 0 unspecified atom stereocenters. The molecular weight excluding hydrogens is 224 g/mol. The lowest BCUT2D eigenvalue weighted by molar-refractivity contribution is -0.161. The second kappa shape index (κ2) is 6.06. The summed E-state index contributed by atoms with van der Waals surface area (Å²) in [5, 5.41) is 0. The van der Waals surface area contributed by atoms with Crippen molar-refractivity contribution in [3.63, 3.8) is 0 Å². The summed E-state index contributed by atoms with van der Waals surface area (Å²) >= 11 is 0. The highest BCUT2D eigenvalue weighted by Gasteiger charge is 2.29. The van der Waals surface area contributed by atoms with E-state index in [4.69, 9.17) is 20.6 Å². The van der Waals surface area contributed by atoms with Gasteiger partial charge in [0.1, 0.15) is 24.9 Å². The zero-order valence-corrected chi connectivity index (χ0v) is 9.71. The van der Waals surface area contributed by atoms with Gasteiger partial charge < -0.3 is 14.2 Å². The fraction of sp³-hybridized carbons (Fsp3) is 0.500. The molecule has 5 nitrogen and oxygen atoms in total. The highest BCUT2D eigenvalue weighted by atomic mass is 16.6. The topological polar surface area (TPSA) is 61.8 Å². The molecule has 1 heterocycles. The summed E-state index contributed by atoms with van der Waals surface area (Å²) in [4.78, 5) is 21.6. The minimum absolute atomic E-state index is 0.00417. The van der Waals surface area contributed by atoms with E-state index in [0.29, 0.717) is 0 Å². The molecule has 0 aromatic heterocycles. The van der Waals surface area contributed by atoms with Crippen molar-refractivity contribution in [1.29, 1.82) is 0 Å². The summed E-state index contributed by atoms with van der Waals surface area (Å²) in [6.07, 6.45) is 6.83. The summed E-state index contributed by atoms with van der Waals surface area (Å²) < 4.78 is 15.3. The molecule has 0 aromatic carbocycles. The van der Waals surface area contributed by atoms with Crippen LogP contribution in [0.2, 0.25) is 0 Å².